The van der Waals surface area contributed by atoms with Gasteiger partial charge in [-0.05, 0) is 49.9 Å². The second-order valence-corrected chi connectivity index (χ2v) is 9.55. The summed E-state index contributed by atoms with van der Waals surface area (Å²) >= 11 is 0. The van der Waals surface area contributed by atoms with E-state index in [1.54, 1.807) is 6.92 Å². The molecule has 2 atom stereocenters. The Morgan fingerprint density at radius 2 is 1.91 bits per heavy atom. The molecule has 6 nitrogen and oxygen atoms in total. The largest absolute Gasteiger partial charge is 0.330 e. The Kier molecular flexibility index (Phi) is 4.96. The van der Waals surface area contributed by atoms with Crippen LogP contribution in [0, 0.1) is 12.8 Å². The second-order valence-electron chi connectivity index (χ2n) is 5.85. The molecule has 1 fully saturated rings. The lowest BCUT2D eigenvalue weighted by atomic mass is 10.1. The quantitative estimate of drug-likeness (QED) is 0.820. The fourth-order valence-electron chi connectivity index (χ4n) is 2.84. The van der Waals surface area contributed by atoms with Crippen LogP contribution in [-0.4, -0.2) is 35.7 Å². The van der Waals surface area contributed by atoms with Crippen molar-refractivity contribution in [2.75, 3.05) is 12.8 Å². The first-order chi connectivity index (χ1) is 10.1. The van der Waals surface area contributed by atoms with E-state index in [1.807, 2.05) is 0 Å². The smallest absolute Gasteiger partial charge is 0.241 e. The molecule has 8 heteroatoms. The summed E-state index contributed by atoms with van der Waals surface area (Å²) < 4.78 is 51.2. The highest BCUT2D eigenvalue weighted by Crippen LogP contribution is 2.27. The van der Waals surface area contributed by atoms with Crippen LogP contribution in [-0.2, 0) is 19.9 Å². The standard InChI is InChI=1S/C14H22N2O4S2/c1-10-6-7-12(21(2,17)18)8-14(10)22(19,20)16-13-5-3-4-11(13)9-15/h6-8,11,13,16H,3-5,9,15H2,1-2H3/t11-,13+/m1/s1. The summed E-state index contributed by atoms with van der Waals surface area (Å²) in [6, 6.07) is 3.97. The van der Waals surface area contributed by atoms with Crippen molar-refractivity contribution in [3.8, 4) is 0 Å². The summed E-state index contributed by atoms with van der Waals surface area (Å²) in [5, 5.41) is 0. The first-order valence-electron chi connectivity index (χ1n) is 7.18. The van der Waals surface area contributed by atoms with Gasteiger partial charge >= 0.3 is 0 Å². The van der Waals surface area contributed by atoms with Crippen LogP contribution >= 0.6 is 0 Å². The van der Waals surface area contributed by atoms with Crippen molar-refractivity contribution >= 4 is 19.9 Å². The first kappa shape index (κ1) is 17.4. The Labute approximate surface area is 132 Å². The first-order valence-corrected chi connectivity index (χ1v) is 10.6. The summed E-state index contributed by atoms with van der Waals surface area (Å²) in [6.07, 6.45) is 3.66. The van der Waals surface area contributed by atoms with E-state index in [4.69, 9.17) is 5.73 Å². The monoisotopic (exact) mass is 346 g/mol. The summed E-state index contributed by atoms with van der Waals surface area (Å²) in [4.78, 5) is 0.0124. The minimum atomic E-state index is -3.77. The molecule has 2 rings (SSSR count). The Balaban J connectivity index is 2.37. The lowest BCUT2D eigenvalue weighted by Gasteiger charge is -2.20. The maximum atomic E-state index is 12.6. The lowest BCUT2D eigenvalue weighted by molar-refractivity contribution is 0.452. The maximum absolute atomic E-state index is 12.6. The Bertz CT molecular complexity index is 757. The Morgan fingerprint density at radius 1 is 1.23 bits per heavy atom. The van der Waals surface area contributed by atoms with E-state index < -0.39 is 19.9 Å². The molecule has 0 spiro atoms. The van der Waals surface area contributed by atoms with E-state index in [1.165, 1.54) is 18.2 Å². The molecule has 0 unspecified atom stereocenters. The molecule has 0 heterocycles. The molecule has 1 aromatic carbocycles. The molecule has 0 saturated heterocycles. The van der Waals surface area contributed by atoms with Gasteiger partial charge in [0.1, 0.15) is 0 Å². The molecule has 0 bridgehead atoms. The third-order valence-corrected chi connectivity index (χ3v) is 6.89. The van der Waals surface area contributed by atoms with Crippen molar-refractivity contribution in [3.05, 3.63) is 23.8 Å². The zero-order valence-electron chi connectivity index (χ0n) is 12.7. The van der Waals surface area contributed by atoms with E-state index in [2.05, 4.69) is 4.72 Å². The fraction of sp³-hybridized carbons (Fsp3) is 0.571. The number of benzene rings is 1. The van der Waals surface area contributed by atoms with Crippen molar-refractivity contribution in [3.63, 3.8) is 0 Å². The number of nitrogens with one attached hydrogen (secondary N) is 1. The molecule has 1 aliphatic rings. The van der Waals surface area contributed by atoms with Crippen LogP contribution in [0.2, 0.25) is 0 Å². The Hall–Kier alpha value is -0.960. The molecule has 22 heavy (non-hydrogen) atoms. The van der Waals surface area contributed by atoms with Gasteiger partial charge in [0.15, 0.2) is 9.84 Å². The second kappa shape index (κ2) is 6.27. The van der Waals surface area contributed by atoms with Crippen molar-refractivity contribution < 1.29 is 16.8 Å². The zero-order valence-corrected chi connectivity index (χ0v) is 14.4. The number of hydrogen-bond donors (Lipinski definition) is 2. The van der Waals surface area contributed by atoms with Crippen LogP contribution < -0.4 is 10.5 Å². The molecule has 3 N–H and O–H groups in total. The van der Waals surface area contributed by atoms with Crippen LogP contribution in [0.15, 0.2) is 28.0 Å². The molecular weight excluding hydrogens is 324 g/mol. The summed E-state index contributed by atoms with van der Waals surface area (Å²) in [7, 11) is -7.23. The minimum absolute atomic E-state index is 0.000252. The summed E-state index contributed by atoms with van der Waals surface area (Å²) in [5.41, 5.74) is 6.19. The van der Waals surface area contributed by atoms with Crippen LogP contribution in [0.3, 0.4) is 0 Å². The van der Waals surface area contributed by atoms with Gasteiger partial charge in [0.2, 0.25) is 10.0 Å². The van der Waals surface area contributed by atoms with Crippen molar-refractivity contribution in [1.29, 1.82) is 0 Å². The van der Waals surface area contributed by atoms with Crippen LogP contribution in [0.25, 0.3) is 0 Å². The van der Waals surface area contributed by atoms with Gasteiger partial charge in [-0.25, -0.2) is 21.6 Å². The summed E-state index contributed by atoms with van der Waals surface area (Å²) in [6.45, 7) is 2.09. The van der Waals surface area contributed by atoms with E-state index in [9.17, 15) is 16.8 Å². The molecular formula is C14H22N2O4S2. The number of rotatable bonds is 5. The minimum Gasteiger partial charge on any atom is -0.330 e. The van der Waals surface area contributed by atoms with Crippen molar-refractivity contribution in [1.82, 2.24) is 4.72 Å². The van der Waals surface area contributed by atoms with Gasteiger partial charge < -0.3 is 5.73 Å². The van der Waals surface area contributed by atoms with E-state index >= 15 is 0 Å². The normalized spacial score (nSPS) is 22.9. The number of sulfonamides is 1. The average molecular weight is 346 g/mol. The molecule has 0 amide bonds. The Morgan fingerprint density at radius 3 is 2.50 bits per heavy atom. The lowest BCUT2D eigenvalue weighted by Crippen LogP contribution is -2.40. The van der Waals surface area contributed by atoms with E-state index in [-0.39, 0.29) is 21.8 Å². The van der Waals surface area contributed by atoms with E-state index in [0.717, 1.165) is 25.5 Å². The van der Waals surface area contributed by atoms with Crippen LogP contribution in [0.4, 0.5) is 0 Å². The van der Waals surface area contributed by atoms with Gasteiger partial charge in [-0.15, -0.1) is 0 Å². The molecule has 1 aliphatic carbocycles. The highest BCUT2D eigenvalue weighted by atomic mass is 32.2. The number of aryl methyl sites for hydroxylation is 1. The maximum Gasteiger partial charge on any atom is 0.241 e. The average Bonchev–Trinajstić information content (AvgIpc) is 2.84. The highest BCUT2D eigenvalue weighted by molar-refractivity contribution is 7.91. The number of nitrogens with two attached hydrogens (primary N) is 1. The van der Waals surface area contributed by atoms with Gasteiger partial charge in [0.25, 0.3) is 0 Å². The number of hydrogen-bond acceptors (Lipinski definition) is 5. The third-order valence-electron chi connectivity index (χ3n) is 4.15. The van der Waals surface area contributed by atoms with Gasteiger partial charge in [0.05, 0.1) is 9.79 Å². The van der Waals surface area contributed by atoms with Gasteiger partial charge in [-0.1, -0.05) is 12.5 Å². The van der Waals surface area contributed by atoms with Crippen LogP contribution in [0.5, 0.6) is 0 Å². The molecule has 1 saturated carbocycles. The zero-order chi connectivity index (χ0) is 16.5. The molecule has 0 aromatic heterocycles. The van der Waals surface area contributed by atoms with Gasteiger partial charge in [-0.2, -0.15) is 0 Å². The fourth-order valence-corrected chi connectivity index (χ4v) is 5.17. The highest BCUT2D eigenvalue weighted by Gasteiger charge is 2.31. The van der Waals surface area contributed by atoms with Crippen molar-refractivity contribution in [2.45, 2.75) is 42.0 Å². The molecule has 0 aliphatic heterocycles. The summed E-state index contributed by atoms with van der Waals surface area (Å²) in [5.74, 6) is 0.133. The third kappa shape index (κ3) is 3.68. The topological polar surface area (TPSA) is 106 Å². The number of sulfone groups is 1. The van der Waals surface area contributed by atoms with Crippen LogP contribution in [0.1, 0.15) is 24.8 Å². The van der Waals surface area contributed by atoms with Gasteiger partial charge in [0, 0.05) is 12.3 Å². The molecule has 1 aromatic rings. The molecule has 124 valence electrons. The molecule has 0 radical (unpaired) electrons. The van der Waals surface area contributed by atoms with E-state index in [0.29, 0.717) is 12.1 Å². The predicted octanol–water partition coefficient (Wildman–Crippen LogP) is 0.804. The SMILES string of the molecule is Cc1ccc(S(C)(=O)=O)cc1S(=O)(=O)N[C@H]1CCC[C@@H]1CN. The predicted molar refractivity (Wildman–Crippen MR) is 84.8 cm³/mol. The van der Waals surface area contributed by atoms with Crippen molar-refractivity contribution in [2.24, 2.45) is 11.7 Å². The van der Waals surface area contributed by atoms with Gasteiger partial charge in [-0.3, -0.25) is 0 Å².